The van der Waals surface area contributed by atoms with E-state index in [0.717, 1.165) is 16.7 Å². The normalized spacial score (nSPS) is 12.1. The van der Waals surface area contributed by atoms with E-state index in [1.165, 1.54) is 6.92 Å². The van der Waals surface area contributed by atoms with Crippen LogP contribution in [-0.2, 0) is 11.4 Å². The lowest BCUT2D eigenvalue weighted by atomic mass is 9.98. The molecule has 0 bridgehead atoms. The summed E-state index contributed by atoms with van der Waals surface area (Å²) in [5.41, 5.74) is 3.00. The Morgan fingerprint density at radius 2 is 2.21 bits per heavy atom. The zero-order valence-electron chi connectivity index (χ0n) is 10.2. The molecule has 1 amide bonds. The number of carbonyl (C=O) groups is 1. The van der Waals surface area contributed by atoms with Gasteiger partial charge in [0.25, 0.3) is 0 Å². The van der Waals surface area contributed by atoms with Crippen LogP contribution in [0.1, 0.15) is 12.5 Å². The molecule has 4 nitrogen and oxygen atoms in total. The van der Waals surface area contributed by atoms with Gasteiger partial charge in [-0.2, -0.15) is 0 Å². The van der Waals surface area contributed by atoms with Gasteiger partial charge >= 0.3 is 0 Å². The van der Waals surface area contributed by atoms with Crippen LogP contribution in [0.15, 0.2) is 30.5 Å². The summed E-state index contributed by atoms with van der Waals surface area (Å²) >= 11 is 5.98. The Kier molecular flexibility index (Phi) is 2.87. The summed E-state index contributed by atoms with van der Waals surface area (Å²) in [4.78, 5) is 15.2. The molecule has 0 saturated heterocycles. The number of ether oxygens (including phenoxy) is 1. The lowest BCUT2D eigenvalue weighted by Crippen LogP contribution is -2.10. The van der Waals surface area contributed by atoms with E-state index in [-0.39, 0.29) is 5.91 Å². The predicted octanol–water partition coefficient (Wildman–Crippen LogP) is 3.25. The number of hydrogen-bond donors (Lipinski definition) is 1. The Labute approximate surface area is 115 Å². The molecule has 0 fully saturated rings. The van der Waals surface area contributed by atoms with Crippen LogP contribution in [0.3, 0.4) is 0 Å². The summed E-state index contributed by atoms with van der Waals surface area (Å²) in [6.45, 7) is 1.93. The maximum absolute atomic E-state index is 11.1. The fraction of sp³-hybridized carbons (Fsp3) is 0.143. The van der Waals surface area contributed by atoms with Crippen LogP contribution >= 0.6 is 11.6 Å². The molecule has 96 valence electrons. The molecule has 0 saturated carbocycles. The SMILES string of the molecule is CC(=O)Nc1cc2c(cn1)OCc1cc(Cl)ccc1-2. The van der Waals surface area contributed by atoms with Gasteiger partial charge in [0.1, 0.15) is 18.2 Å². The zero-order chi connectivity index (χ0) is 13.4. The van der Waals surface area contributed by atoms with Crippen LogP contribution in [0.5, 0.6) is 5.75 Å². The Morgan fingerprint density at radius 3 is 3.00 bits per heavy atom. The number of pyridine rings is 1. The number of hydrogen-bond acceptors (Lipinski definition) is 3. The minimum atomic E-state index is -0.152. The number of aromatic nitrogens is 1. The number of carbonyl (C=O) groups excluding carboxylic acids is 1. The summed E-state index contributed by atoms with van der Waals surface area (Å²) in [5.74, 6) is 1.07. The van der Waals surface area contributed by atoms with Crippen LogP contribution in [-0.4, -0.2) is 10.9 Å². The van der Waals surface area contributed by atoms with Gasteiger partial charge < -0.3 is 10.1 Å². The third kappa shape index (κ3) is 2.27. The van der Waals surface area contributed by atoms with Gasteiger partial charge in [0.2, 0.25) is 5.91 Å². The van der Waals surface area contributed by atoms with Crippen molar-refractivity contribution in [2.75, 3.05) is 5.32 Å². The first-order valence-corrected chi connectivity index (χ1v) is 6.20. The maximum Gasteiger partial charge on any atom is 0.222 e. The molecule has 0 radical (unpaired) electrons. The largest absolute Gasteiger partial charge is 0.487 e. The molecule has 1 aliphatic heterocycles. The van der Waals surface area contributed by atoms with Gasteiger partial charge in [-0.15, -0.1) is 0 Å². The van der Waals surface area contributed by atoms with Gasteiger partial charge in [-0.3, -0.25) is 4.79 Å². The molecule has 0 spiro atoms. The van der Waals surface area contributed by atoms with Crippen molar-refractivity contribution in [3.63, 3.8) is 0 Å². The van der Waals surface area contributed by atoms with Crippen molar-refractivity contribution in [1.82, 2.24) is 4.98 Å². The summed E-state index contributed by atoms with van der Waals surface area (Å²) in [6.07, 6.45) is 1.62. The quantitative estimate of drug-likeness (QED) is 0.868. The number of rotatable bonds is 1. The van der Waals surface area contributed by atoms with Crippen LogP contribution in [0, 0.1) is 0 Å². The molecule has 0 atom stereocenters. The molecule has 1 N–H and O–H groups in total. The van der Waals surface area contributed by atoms with Crippen LogP contribution in [0.25, 0.3) is 11.1 Å². The van der Waals surface area contributed by atoms with E-state index < -0.39 is 0 Å². The summed E-state index contributed by atoms with van der Waals surface area (Å²) in [5, 5.41) is 3.35. The van der Waals surface area contributed by atoms with Crippen LogP contribution < -0.4 is 10.1 Å². The molecule has 2 heterocycles. The Balaban J connectivity index is 2.10. The molecule has 5 heteroatoms. The van der Waals surface area contributed by atoms with Crippen molar-refractivity contribution in [2.45, 2.75) is 13.5 Å². The number of amides is 1. The number of nitrogens with one attached hydrogen (secondary N) is 1. The third-order valence-corrected chi connectivity index (χ3v) is 3.15. The second kappa shape index (κ2) is 4.55. The van der Waals surface area contributed by atoms with Gasteiger partial charge in [-0.1, -0.05) is 17.7 Å². The van der Waals surface area contributed by atoms with E-state index in [9.17, 15) is 4.79 Å². The number of fused-ring (bicyclic) bond motifs is 3. The van der Waals surface area contributed by atoms with Crippen molar-refractivity contribution < 1.29 is 9.53 Å². The fourth-order valence-electron chi connectivity index (χ4n) is 2.12. The highest BCUT2D eigenvalue weighted by atomic mass is 35.5. The molecular weight excluding hydrogens is 264 g/mol. The first-order chi connectivity index (χ1) is 9.13. The maximum atomic E-state index is 11.1. The topological polar surface area (TPSA) is 51.2 Å². The van der Waals surface area contributed by atoms with Crippen LogP contribution in [0.2, 0.25) is 5.02 Å². The molecule has 3 rings (SSSR count). The molecule has 1 aromatic heterocycles. The monoisotopic (exact) mass is 274 g/mol. The number of nitrogens with zero attached hydrogens (tertiary/aromatic N) is 1. The second-order valence-electron chi connectivity index (χ2n) is 4.34. The highest BCUT2D eigenvalue weighted by molar-refractivity contribution is 6.30. The average molecular weight is 275 g/mol. The lowest BCUT2D eigenvalue weighted by Gasteiger charge is -2.21. The molecule has 2 aromatic rings. The number of benzene rings is 1. The lowest BCUT2D eigenvalue weighted by molar-refractivity contribution is -0.114. The average Bonchev–Trinajstić information content (AvgIpc) is 2.37. The van der Waals surface area contributed by atoms with Gasteiger partial charge in [0, 0.05) is 17.5 Å². The van der Waals surface area contributed by atoms with Crippen molar-refractivity contribution in [1.29, 1.82) is 0 Å². The minimum absolute atomic E-state index is 0.152. The van der Waals surface area contributed by atoms with E-state index in [1.54, 1.807) is 6.20 Å². The fourth-order valence-corrected chi connectivity index (χ4v) is 2.31. The first kappa shape index (κ1) is 12.0. The van der Waals surface area contributed by atoms with Gasteiger partial charge in [0.05, 0.1) is 6.20 Å². The van der Waals surface area contributed by atoms with E-state index in [2.05, 4.69) is 10.3 Å². The van der Waals surface area contributed by atoms with Crippen molar-refractivity contribution in [3.8, 4) is 16.9 Å². The van der Waals surface area contributed by atoms with E-state index in [1.807, 2.05) is 24.3 Å². The number of halogens is 1. The predicted molar refractivity (Wildman–Crippen MR) is 73.3 cm³/mol. The molecule has 19 heavy (non-hydrogen) atoms. The third-order valence-electron chi connectivity index (χ3n) is 2.91. The Bertz CT molecular complexity index is 670. The minimum Gasteiger partial charge on any atom is -0.487 e. The molecule has 0 aliphatic carbocycles. The molecule has 0 unspecified atom stereocenters. The number of anilines is 1. The van der Waals surface area contributed by atoms with Crippen LogP contribution in [0.4, 0.5) is 5.82 Å². The van der Waals surface area contributed by atoms with Gasteiger partial charge in [-0.25, -0.2) is 4.98 Å². The van der Waals surface area contributed by atoms with E-state index >= 15 is 0 Å². The zero-order valence-corrected chi connectivity index (χ0v) is 11.0. The summed E-state index contributed by atoms with van der Waals surface area (Å²) < 4.78 is 5.63. The Morgan fingerprint density at radius 1 is 1.37 bits per heavy atom. The first-order valence-electron chi connectivity index (χ1n) is 5.83. The Hall–Kier alpha value is -2.07. The smallest absolute Gasteiger partial charge is 0.222 e. The van der Waals surface area contributed by atoms with Gasteiger partial charge in [-0.05, 0) is 29.3 Å². The van der Waals surface area contributed by atoms with E-state index in [0.29, 0.717) is 23.2 Å². The molecular formula is C14H11ClN2O2. The molecule has 1 aromatic carbocycles. The van der Waals surface area contributed by atoms with E-state index in [4.69, 9.17) is 16.3 Å². The molecule has 1 aliphatic rings. The van der Waals surface area contributed by atoms with Crippen molar-refractivity contribution in [3.05, 3.63) is 41.0 Å². The summed E-state index contributed by atoms with van der Waals surface area (Å²) in [6, 6.07) is 7.49. The highest BCUT2D eigenvalue weighted by Gasteiger charge is 2.18. The summed E-state index contributed by atoms with van der Waals surface area (Å²) in [7, 11) is 0. The standard InChI is InChI=1S/C14H11ClN2O2/c1-8(18)17-14-5-12-11-3-2-10(15)4-9(11)7-19-13(12)6-16-14/h2-6H,7H2,1H3,(H,16,17,18). The van der Waals surface area contributed by atoms with Crippen molar-refractivity contribution in [2.24, 2.45) is 0 Å². The highest BCUT2D eigenvalue weighted by Crippen LogP contribution is 2.38. The van der Waals surface area contributed by atoms with Gasteiger partial charge in [0.15, 0.2) is 0 Å². The second-order valence-corrected chi connectivity index (χ2v) is 4.77. The van der Waals surface area contributed by atoms with Crippen molar-refractivity contribution >= 4 is 23.3 Å².